The molecule has 0 unspecified atom stereocenters. The molecule has 244 valence electrons. The smallest absolute Gasteiger partial charge is 0.234 e. The zero-order valence-corrected chi connectivity index (χ0v) is 27.5. The molecule has 5 heterocycles. The molecular weight excluding hydrogens is 621 g/mol. The van der Waals surface area contributed by atoms with Crippen molar-refractivity contribution >= 4 is 0 Å². The van der Waals surface area contributed by atoms with Crippen LogP contribution in [0.3, 0.4) is 0 Å². The van der Waals surface area contributed by atoms with Gasteiger partial charge < -0.3 is 0 Å². The van der Waals surface area contributed by atoms with Crippen LogP contribution in [0.25, 0.3) is 0 Å². The van der Waals surface area contributed by atoms with E-state index in [1.807, 2.05) is 0 Å². The van der Waals surface area contributed by atoms with E-state index in [1.165, 1.54) is 0 Å². The summed E-state index contributed by atoms with van der Waals surface area (Å²) in [6, 6.07) is 41.9. The van der Waals surface area contributed by atoms with Crippen molar-refractivity contribution in [3.05, 3.63) is 204 Å². The molecule has 8 aromatic rings. The molecule has 9 rings (SSSR count). The molecule has 0 atom stereocenters. The Morgan fingerprint density at radius 1 is 0.460 bits per heavy atom. The summed E-state index contributed by atoms with van der Waals surface area (Å²) in [5, 5.41) is 10.4. The van der Waals surface area contributed by atoms with E-state index < -0.39 is 0 Å². The first-order valence-corrected chi connectivity index (χ1v) is 16.9. The van der Waals surface area contributed by atoms with Crippen LogP contribution in [0, 0.1) is 0 Å². The first kappa shape index (κ1) is 29.7. The lowest BCUT2D eigenvalue weighted by Crippen LogP contribution is -2.32. The summed E-state index contributed by atoms with van der Waals surface area (Å²) in [6.07, 6.45) is 12.5. The van der Waals surface area contributed by atoms with Crippen molar-refractivity contribution < 1.29 is 9.13 Å². The normalized spacial score (nSPS) is 12.8. The number of imidazole rings is 2. The minimum Gasteiger partial charge on any atom is -0.234 e. The highest BCUT2D eigenvalue weighted by Gasteiger charge is 2.27. The SMILES string of the molecule is c1ccc(C(c2ccccc2)n2nc3nc2Cn2cc[n+](c2)Cc2nc(n(C(c4ccccc4)c4ccccc4)n2)Cn2cc[n+](c2)C3)cc1. The van der Waals surface area contributed by atoms with Gasteiger partial charge in [0.15, 0.2) is 36.4 Å². The molecule has 4 aromatic heterocycles. The fourth-order valence-corrected chi connectivity index (χ4v) is 6.97. The second-order valence-electron chi connectivity index (χ2n) is 12.7. The van der Waals surface area contributed by atoms with Crippen molar-refractivity contribution in [2.24, 2.45) is 0 Å². The van der Waals surface area contributed by atoms with E-state index in [1.54, 1.807) is 0 Å². The summed E-state index contributed by atoms with van der Waals surface area (Å²) in [7, 11) is 0. The fourth-order valence-electron chi connectivity index (χ4n) is 6.97. The van der Waals surface area contributed by atoms with Crippen LogP contribution in [0.2, 0.25) is 0 Å². The van der Waals surface area contributed by atoms with E-state index >= 15 is 0 Å². The Balaban J connectivity index is 1.14. The molecule has 0 aliphatic carbocycles. The van der Waals surface area contributed by atoms with E-state index in [-0.39, 0.29) is 12.1 Å². The fraction of sp³-hybridized carbons (Fsp3) is 0.150. The van der Waals surface area contributed by atoms with Gasteiger partial charge in [0.25, 0.3) is 0 Å². The molecule has 8 bridgehead atoms. The lowest BCUT2D eigenvalue weighted by molar-refractivity contribution is -0.688. The Morgan fingerprint density at radius 2 is 0.800 bits per heavy atom. The second-order valence-corrected chi connectivity index (χ2v) is 12.7. The van der Waals surface area contributed by atoms with Gasteiger partial charge in [0.1, 0.15) is 50.0 Å². The van der Waals surface area contributed by atoms with Crippen LogP contribution < -0.4 is 9.13 Å². The maximum Gasteiger partial charge on any atom is 0.244 e. The monoisotopic (exact) mass is 656 g/mol. The predicted molar refractivity (Wildman–Crippen MR) is 186 cm³/mol. The second kappa shape index (κ2) is 12.9. The van der Waals surface area contributed by atoms with Crippen molar-refractivity contribution in [1.29, 1.82) is 0 Å². The van der Waals surface area contributed by atoms with E-state index in [2.05, 4.69) is 186 Å². The maximum absolute atomic E-state index is 5.19. The number of aromatic nitrogens is 10. The molecule has 50 heavy (non-hydrogen) atoms. The Morgan fingerprint density at radius 3 is 1.14 bits per heavy atom. The van der Waals surface area contributed by atoms with Crippen molar-refractivity contribution in [3.8, 4) is 0 Å². The van der Waals surface area contributed by atoms with Crippen LogP contribution in [0.5, 0.6) is 0 Å². The molecule has 4 aromatic carbocycles. The summed E-state index contributed by atoms with van der Waals surface area (Å²) in [6.45, 7) is 2.17. The first-order chi connectivity index (χ1) is 24.7. The third kappa shape index (κ3) is 5.92. The van der Waals surface area contributed by atoms with Gasteiger partial charge in [-0.1, -0.05) is 121 Å². The van der Waals surface area contributed by atoms with Crippen molar-refractivity contribution in [3.63, 3.8) is 0 Å². The molecule has 0 fully saturated rings. The molecule has 0 N–H and O–H groups in total. The number of benzene rings is 4. The number of hydrogen-bond acceptors (Lipinski definition) is 4. The maximum atomic E-state index is 5.19. The van der Waals surface area contributed by atoms with Gasteiger partial charge in [0.05, 0.1) is 0 Å². The van der Waals surface area contributed by atoms with Crippen LogP contribution in [-0.4, -0.2) is 38.7 Å². The molecule has 0 radical (unpaired) electrons. The molecular formula is C40H36N10+2. The zero-order chi connectivity index (χ0) is 33.3. The lowest BCUT2D eigenvalue weighted by Gasteiger charge is -2.20. The van der Waals surface area contributed by atoms with Gasteiger partial charge in [-0.05, 0) is 22.3 Å². The van der Waals surface area contributed by atoms with E-state index in [0.717, 1.165) is 45.6 Å². The number of rotatable bonds is 6. The van der Waals surface area contributed by atoms with Gasteiger partial charge in [-0.3, -0.25) is 0 Å². The molecule has 0 spiro atoms. The van der Waals surface area contributed by atoms with Crippen LogP contribution in [-0.2, 0) is 26.2 Å². The molecule has 1 aliphatic rings. The predicted octanol–water partition coefficient (Wildman–Crippen LogP) is 4.83. The van der Waals surface area contributed by atoms with Crippen molar-refractivity contribution in [1.82, 2.24) is 38.7 Å². The third-order valence-electron chi connectivity index (χ3n) is 9.23. The van der Waals surface area contributed by atoms with Crippen LogP contribution in [0.1, 0.15) is 57.6 Å². The summed E-state index contributed by atoms with van der Waals surface area (Å²) in [4.78, 5) is 10.3. The van der Waals surface area contributed by atoms with Crippen molar-refractivity contribution in [2.45, 2.75) is 38.3 Å². The lowest BCUT2D eigenvalue weighted by atomic mass is 9.99. The Kier molecular flexibility index (Phi) is 7.65. The Bertz CT molecular complexity index is 2090. The van der Waals surface area contributed by atoms with E-state index in [9.17, 15) is 0 Å². The summed E-state index contributed by atoms with van der Waals surface area (Å²) < 4.78 is 12.8. The molecule has 10 heteroatoms. The van der Waals surface area contributed by atoms with Gasteiger partial charge in [-0.2, -0.15) is 10.2 Å². The zero-order valence-electron chi connectivity index (χ0n) is 27.5. The average molecular weight is 657 g/mol. The van der Waals surface area contributed by atoms with Gasteiger partial charge in [-0.15, -0.1) is 0 Å². The summed E-state index contributed by atoms with van der Waals surface area (Å²) in [5.74, 6) is 3.27. The van der Waals surface area contributed by atoms with Crippen LogP contribution in [0.15, 0.2) is 159 Å². The van der Waals surface area contributed by atoms with Gasteiger partial charge in [0.2, 0.25) is 12.7 Å². The number of nitrogens with zero attached hydrogens (tertiary/aromatic N) is 10. The van der Waals surface area contributed by atoms with Crippen LogP contribution in [0.4, 0.5) is 0 Å². The standard InChI is InChI=1S/C40H36N10/c1-5-13-31(14-6-1)39(32-15-7-2-8-16-32)49-37-27-47-23-21-46(29-47)26-36-42-38(28-48-24-22-45(30-48)25-35(41-37)43-49)50(44-36)40(33-17-9-3-10-18-33)34-19-11-4-12-20-34/h1-24,29-30,39-40H,25-28H2/q+2. The van der Waals surface area contributed by atoms with E-state index in [0.29, 0.717) is 26.2 Å². The highest BCUT2D eigenvalue weighted by atomic mass is 15.4. The van der Waals surface area contributed by atoms with Crippen molar-refractivity contribution in [2.75, 3.05) is 0 Å². The minimum atomic E-state index is -0.124. The van der Waals surface area contributed by atoms with Gasteiger partial charge in [-0.25, -0.2) is 37.6 Å². The Hall–Kier alpha value is -6.42. The highest BCUT2D eigenvalue weighted by Crippen LogP contribution is 2.29. The minimum absolute atomic E-state index is 0.124. The van der Waals surface area contributed by atoms with Gasteiger partial charge in [0, 0.05) is 0 Å². The topological polar surface area (TPSA) is 79.0 Å². The molecule has 0 saturated heterocycles. The number of fused-ring (bicyclic) bond motifs is 8. The molecule has 0 amide bonds. The van der Waals surface area contributed by atoms with Gasteiger partial charge >= 0.3 is 0 Å². The molecule has 10 nitrogen and oxygen atoms in total. The first-order valence-electron chi connectivity index (χ1n) is 16.9. The third-order valence-corrected chi connectivity index (χ3v) is 9.23. The summed E-state index contributed by atoms with van der Waals surface area (Å²) >= 11 is 0. The molecule has 0 saturated carbocycles. The Labute approximate surface area is 289 Å². The average Bonchev–Trinajstić information content (AvgIpc) is 3.96. The van der Waals surface area contributed by atoms with E-state index in [4.69, 9.17) is 20.2 Å². The highest BCUT2D eigenvalue weighted by molar-refractivity contribution is 5.34. The molecule has 1 aliphatic heterocycles. The van der Waals surface area contributed by atoms with Crippen LogP contribution >= 0.6 is 0 Å². The number of hydrogen-bond donors (Lipinski definition) is 0. The summed E-state index contributed by atoms with van der Waals surface area (Å²) in [5.41, 5.74) is 4.63. The largest absolute Gasteiger partial charge is 0.244 e. The quantitative estimate of drug-likeness (QED) is 0.241.